The van der Waals surface area contributed by atoms with Crippen molar-refractivity contribution in [2.75, 3.05) is 39.3 Å². The van der Waals surface area contributed by atoms with Crippen LogP contribution < -0.4 is 5.32 Å². The molecule has 0 spiro atoms. The predicted octanol–water partition coefficient (Wildman–Crippen LogP) is 1.44. The Morgan fingerprint density at radius 3 is 2.39 bits per heavy atom. The summed E-state index contributed by atoms with van der Waals surface area (Å²) in [6.45, 7) is 4.98. The average molecular weight is 346 g/mol. The van der Waals surface area contributed by atoms with Crippen LogP contribution in [0.2, 0.25) is 0 Å². The SMILES string of the molecule is Cl.O=C(Cc1c(F)cccc1F)N1CCN(C2CCNC2)CC1. The number of hydrogen-bond acceptors (Lipinski definition) is 3. The summed E-state index contributed by atoms with van der Waals surface area (Å²) in [6, 6.07) is 4.25. The maximum absolute atomic E-state index is 13.6. The summed E-state index contributed by atoms with van der Waals surface area (Å²) in [6.07, 6.45) is 0.942. The van der Waals surface area contributed by atoms with E-state index in [0.29, 0.717) is 19.1 Å². The van der Waals surface area contributed by atoms with Gasteiger partial charge in [0.15, 0.2) is 0 Å². The normalized spacial score (nSPS) is 22.0. The van der Waals surface area contributed by atoms with Crippen LogP contribution in [0.4, 0.5) is 8.78 Å². The van der Waals surface area contributed by atoms with E-state index in [2.05, 4.69) is 10.2 Å². The van der Waals surface area contributed by atoms with E-state index >= 15 is 0 Å². The van der Waals surface area contributed by atoms with Crippen LogP contribution in [0.3, 0.4) is 0 Å². The number of nitrogens with zero attached hydrogens (tertiary/aromatic N) is 2. The molecule has 2 saturated heterocycles. The first-order valence-electron chi connectivity index (χ1n) is 7.80. The van der Waals surface area contributed by atoms with Gasteiger partial charge in [0.25, 0.3) is 0 Å². The average Bonchev–Trinajstić information content (AvgIpc) is 3.05. The molecule has 2 aliphatic rings. The van der Waals surface area contributed by atoms with Gasteiger partial charge in [0, 0.05) is 44.3 Å². The summed E-state index contributed by atoms with van der Waals surface area (Å²) >= 11 is 0. The van der Waals surface area contributed by atoms with Crippen molar-refractivity contribution in [2.24, 2.45) is 0 Å². The highest BCUT2D eigenvalue weighted by atomic mass is 35.5. The number of halogens is 3. The molecule has 1 unspecified atom stereocenters. The first kappa shape index (κ1) is 18.1. The number of amides is 1. The number of piperazine rings is 1. The second kappa shape index (κ2) is 8.04. The first-order chi connectivity index (χ1) is 10.6. The van der Waals surface area contributed by atoms with Gasteiger partial charge in [0.2, 0.25) is 5.91 Å². The van der Waals surface area contributed by atoms with Gasteiger partial charge < -0.3 is 10.2 Å². The highest BCUT2D eigenvalue weighted by Gasteiger charge is 2.28. The fraction of sp³-hybridized carbons (Fsp3) is 0.562. The van der Waals surface area contributed by atoms with Crippen molar-refractivity contribution in [1.82, 2.24) is 15.1 Å². The molecule has 0 aromatic heterocycles. The van der Waals surface area contributed by atoms with E-state index in [4.69, 9.17) is 0 Å². The molecule has 1 amide bonds. The van der Waals surface area contributed by atoms with Crippen molar-refractivity contribution in [3.8, 4) is 0 Å². The molecular weight excluding hydrogens is 324 g/mol. The summed E-state index contributed by atoms with van der Waals surface area (Å²) in [7, 11) is 0. The molecule has 2 aliphatic heterocycles. The van der Waals surface area contributed by atoms with Crippen LogP contribution in [0.25, 0.3) is 0 Å². The van der Waals surface area contributed by atoms with E-state index in [9.17, 15) is 13.6 Å². The molecule has 0 saturated carbocycles. The number of hydrogen-bond donors (Lipinski definition) is 1. The number of nitrogens with one attached hydrogen (secondary N) is 1. The molecule has 0 aliphatic carbocycles. The quantitative estimate of drug-likeness (QED) is 0.900. The highest BCUT2D eigenvalue weighted by Crippen LogP contribution is 2.16. The van der Waals surface area contributed by atoms with Crippen LogP contribution in [0.1, 0.15) is 12.0 Å². The lowest BCUT2D eigenvalue weighted by Crippen LogP contribution is -2.52. The van der Waals surface area contributed by atoms with Crippen molar-refractivity contribution in [1.29, 1.82) is 0 Å². The molecule has 1 aromatic carbocycles. The lowest BCUT2D eigenvalue weighted by molar-refractivity contribution is -0.132. The van der Waals surface area contributed by atoms with Gasteiger partial charge in [0.05, 0.1) is 6.42 Å². The van der Waals surface area contributed by atoms with E-state index in [0.717, 1.165) is 32.6 Å². The maximum Gasteiger partial charge on any atom is 0.227 e. The third-order valence-corrected chi connectivity index (χ3v) is 4.61. The van der Waals surface area contributed by atoms with Gasteiger partial charge in [-0.2, -0.15) is 0 Å². The second-order valence-corrected chi connectivity index (χ2v) is 5.94. The zero-order valence-electron chi connectivity index (χ0n) is 12.9. The molecule has 128 valence electrons. The highest BCUT2D eigenvalue weighted by molar-refractivity contribution is 5.85. The standard InChI is InChI=1S/C16H21F2N3O.ClH/c17-14-2-1-3-15(18)13(14)10-16(22)21-8-6-20(7-9-21)12-4-5-19-11-12;/h1-3,12,19H,4-11H2;1H. The monoisotopic (exact) mass is 345 g/mol. The fourth-order valence-corrected chi connectivity index (χ4v) is 3.25. The first-order valence-corrected chi connectivity index (χ1v) is 7.80. The van der Waals surface area contributed by atoms with Crippen molar-refractivity contribution < 1.29 is 13.6 Å². The number of carbonyl (C=O) groups is 1. The Morgan fingerprint density at radius 1 is 1.17 bits per heavy atom. The van der Waals surface area contributed by atoms with Crippen molar-refractivity contribution in [3.05, 3.63) is 35.4 Å². The van der Waals surface area contributed by atoms with Crippen molar-refractivity contribution in [3.63, 3.8) is 0 Å². The van der Waals surface area contributed by atoms with E-state index in [1.165, 1.54) is 18.2 Å². The summed E-state index contributed by atoms with van der Waals surface area (Å²) < 4.78 is 27.2. The molecule has 0 bridgehead atoms. The zero-order valence-corrected chi connectivity index (χ0v) is 13.7. The van der Waals surface area contributed by atoms with Crippen LogP contribution in [0.15, 0.2) is 18.2 Å². The minimum absolute atomic E-state index is 0. The Kier molecular flexibility index (Phi) is 6.33. The minimum Gasteiger partial charge on any atom is -0.340 e. The van der Waals surface area contributed by atoms with Gasteiger partial charge in [0.1, 0.15) is 11.6 Å². The van der Waals surface area contributed by atoms with Crippen LogP contribution in [-0.2, 0) is 11.2 Å². The molecule has 1 aromatic rings. The summed E-state index contributed by atoms with van der Waals surface area (Å²) in [5.41, 5.74) is -0.130. The van der Waals surface area contributed by atoms with Gasteiger partial charge in [-0.1, -0.05) is 6.07 Å². The lowest BCUT2D eigenvalue weighted by Gasteiger charge is -2.37. The molecule has 1 atom stereocenters. The van der Waals surface area contributed by atoms with Crippen molar-refractivity contribution in [2.45, 2.75) is 18.9 Å². The van der Waals surface area contributed by atoms with E-state index in [-0.39, 0.29) is 30.3 Å². The lowest BCUT2D eigenvalue weighted by atomic mass is 10.1. The van der Waals surface area contributed by atoms with Gasteiger partial charge in [-0.3, -0.25) is 9.69 Å². The molecule has 1 N–H and O–H groups in total. The number of carbonyl (C=O) groups excluding carboxylic acids is 1. The topological polar surface area (TPSA) is 35.6 Å². The molecule has 23 heavy (non-hydrogen) atoms. The van der Waals surface area contributed by atoms with Crippen LogP contribution in [-0.4, -0.2) is 61.0 Å². The molecule has 2 fully saturated rings. The Morgan fingerprint density at radius 2 is 1.83 bits per heavy atom. The van der Waals surface area contributed by atoms with Gasteiger partial charge in [-0.25, -0.2) is 8.78 Å². The number of rotatable bonds is 3. The Balaban J connectivity index is 0.00000192. The smallest absolute Gasteiger partial charge is 0.227 e. The summed E-state index contributed by atoms with van der Waals surface area (Å²) in [5, 5.41) is 3.34. The molecule has 2 heterocycles. The molecule has 3 rings (SSSR count). The zero-order chi connectivity index (χ0) is 15.5. The third kappa shape index (κ3) is 4.19. The third-order valence-electron chi connectivity index (χ3n) is 4.61. The predicted molar refractivity (Wildman–Crippen MR) is 86.7 cm³/mol. The fourth-order valence-electron chi connectivity index (χ4n) is 3.25. The molecule has 7 heteroatoms. The van der Waals surface area contributed by atoms with Crippen LogP contribution in [0.5, 0.6) is 0 Å². The Bertz CT molecular complexity index is 524. The van der Waals surface area contributed by atoms with E-state index in [1.807, 2.05) is 0 Å². The molecule has 0 radical (unpaired) electrons. The molecule has 4 nitrogen and oxygen atoms in total. The van der Waals surface area contributed by atoms with Gasteiger partial charge in [-0.05, 0) is 25.1 Å². The summed E-state index contributed by atoms with van der Waals surface area (Å²) in [5.74, 6) is -1.50. The second-order valence-electron chi connectivity index (χ2n) is 5.94. The summed E-state index contributed by atoms with van der Waals surface area (Å²) in [4.78, 5) is 16.4. The molecular formula is C16H22ClF2N3O. The van der Waals surface area contributed by atoms with Crippen molar-refractivity contribution >= 4 is 18.3 Å². The van der Waals surface area contributed by atoms with Crippen LogP contribution >= 0.6 is 12.4 Å². The van der Waals surface area contributed by atoms with E-state index in [1.54, 1.807) is 4.90 Å². The van der Waals surface area contributed by atoms with Gasteiger partial charge >= 0.3 is 0 Å². The Labute approximate surface area is 141 Å². The van der Waals surface area contributed by atoms with Gasteiger partial charge in [-0.15, -0.1) is 12.4 Å². The maximum atomic E-state index is 13.6. The van der Waals surface area contributed by atoms with Crippen LogP contribution in [0, 0.1) is 11.6 Å². The Hall–Kier alpha value is -1.24. The van der Waals surface area contributed by atoms with E-state index < -0.39 is 11.6 Å². The number of benzene rings is 1. The largest absolute Gasteiger partial charge is 0.340 e. The minimum atomic E-state index is -0.649.